The van der Waals surface area contributed by atoms with Gasteiger partial charge in [-0.1, -0.05) is 6.07 Å². The first-order valence-corrected chi connectivity index (χ1v) is 6.36. The number of hydrogen-bond donors (Lipinski definition) is 1. The van der Waals surface area contributed by atoms with Crippen molar-refractivity contribution < 1.29 is 19.0 Å². The number of morpholine rings is 1. The van der Waals surface area contributed by atoms with Crippen LogP contribution >= 0.6 is 15.9 Å². The quantitative estimate of drug-likeness (QED) is 0.924. The zero-order valence-corrected chi connectivity index (χ0v) is 11.2. The second-order valence-electron chi connectivity index (χ2n) is 4.18. The highest BCUT2D eigenvalue weighted by molar-refractivity contribution is 9.10. The molecule has 1 aromatic carbocycles. The van der Waals surface area contributed by atoms with Crippen LogP contribution in [-0.4, -0.2) is 41.8 Å². The van der Waals surface area contributed by atoms with Gasteiger partial charge < -0.3 is 9.84 Å². The minimum atomic E-state index is -0.944. The number of aliphatic carboxylic acids is 1. The molecule has 0 saturated carbocycles. The Kier molecular flexibility index (Phi) is 4.31. The molecule has 2 rings (SSSR count). The van der Waals surface area contributed by atoms with E-state index >= 15 is 0 Å². The van der Waals surface area contributed by atoms with Crippen molar-refractivity contribution in [3.05, 3.63) is 34.1 Å². The third-order valence-corrected chi connectivity index (χ3v) is 3.42. The summed E-state index contributed by atoms with van der Waals surface area (Å²) in [4.78, 5) is 12.8. The Morgan fingerprint density at radius 3 is 3.06 bits per heavy atom. The molecule has 1 unspecified atom stereocenters. The summed E-state index contributed by atoms with van der Waals surface area (Å²) in [5.41, 5.74) is 0.939. The van der Waals surface area contributed by atoms with Gasteiger partial charge >= 0.3 is 5.97 Å². The lowest BCUT2D eigenvalue weighted by Gasteiger charge is -2.30. The number of carboxylic acid groups (broad SMARTS) is 1. The molecule has 0 aliphatic carbocycles. The van der Waals surface area contributed by atoms with Gasteiger partial charge in [0.1, 0.15) is 5.82 Å². The number of rotatable bonds is 3. The van der Waals surface area contributed by atoms with Gasteiger partial charge in [-0.3, -0.25) is 4.90 Å². The van der Waals surface area contributed by atoms with Crippen LogP contribution in [0.3, 0.4) is 0 Å². The lowest BCUT2D eigenvalue weighted by Crippen LogP contribution is -2.45. The molecule has 1 saturated heterocycles. The third-order valence-electron chi connectivity index (χ3n) is 2.82. The monoisotopic (exact) mass is 317 g/mol. The van der Waals surface area contributed by atoms with Crippen LogP contribution < -0.4 is 0 Å². The molecule has 1 fully saturated rings. The predicted octanol–water partition coefficient (Wildman–Crippen LogP) is 1.87. The molecule has 1 aliphatic heterocycles. The minimum Gasteiger partial charge on any atom is -0.479 e. The zero-order valence-electron chi connectivity index (χ0n) is 9.60. The molecule has 0 aromatic heterocycles. The van der Waals surface area contributed by atoms with E-state index in [1.165, 1.54) is 6.07 Å². The maximum Gasteiger partial charge on any atom is 0.334 e. The highest BCUT2D eigenvalue weighted by atomic mass is 79.9. The first kappa shape index (κ1) is 13.5. The Bertz CT molecular complexity index is 455. The number of carbonyl (C=O) groups is 1. The molecule has 1 aliphatic rings. The van der Waals surface area contributed by atoms with Crippen molar-refractivity contribution in [1.29, 1.82) is 0 Å². The van der Waals surface area contributed by atoms with Crippen LogP contribution in [0.15, 0.2) is 22.7 Å². The van der Waals surface area contributed by atoms with Gasteiger partial charge in [0.2, 0.25) is 0 Å². The molecule has 0 bridgehead atoms. The Morgan fingerprint density at radius 1 is 1.61 bits per heavy atom. The molecule has 1 aromatic rings. The van der Waals surface area contributed by atoms with Crippen molar-refractivity contribution in [1.82, 2.24) is 4.90 Å². The topological polar surface area (TPSA) is 49.8 Å². The van der Waals surface area contributed by atoms with E-state index in [0.717, 1.165) is 5.56 Å². The van der Waals surface area contributed by atoms with E-state index in [9.17, 15) is 9.18 Å². The molecule has 1 N–H and O–H groups in total. The van der Waals surface area contributed by atoms with Crippen LogP contribution in [0, 0.1) is 5.82 Å². The molecule has 18 heavy (non-hydrogen) atoms. The molecular weight excluding hydrogens is 305 g/mol. The summed E-state index contributed by atoms with van der Waals surface area (Å²) in [6.07, 6.45) is -0.775. The van der Waals surface area contributed by atoms with Gasteiger partial charge in [-0.25, -0.2) is 9.18 Å². The van der Waals surface area contributed by atoms with Crippen molar-refractivity contribution in [3.63, 3.8) is 0 Å². The van der Waals surface area contributed by atoms with Crippen LogP contribution in [0.2, 0.25) is 0 Å². The van der Waals surface area contributed by atoms with Gasteiger partial charge in [0.25, 0.3) is 0 Å². The fraction of sp³-hybridized carbons (Fsp3) is 0.417. The van der Waals surface area contributed by atoms with Gasteiger partial charge in [-0.2, -0.15) is 0 Å². The SMILES string of the molecule is O=C(O)C1CN(Cc2ccc(F)c(Br)c2)CCO1. The van der Waals surface area contributed by atoms with Gasteiger partial charge in [-0.05, 0) is 33.6 Å². The van der Waals surface area contributed by atoms with E-state index in [-0.39, 0.29) is 5.82 Å². The largest absolute Gasteiger partial charge is 0.479 e. The first-order valence-electron chi connectivity index (χ1n) is 5.57. The van der Waals surface area contributed by atoms with Crippen molar-refractivity contribution in [3.8, 4) is 0 Å². The van der Waals surface area contributed by atoms with E-state index in [2.05, 4.69) is 15.9 Å². The second kappa shape index (κ2) is 5.77. The summed E-state index contributed by atoms with van der Waals surface area (Å²) in [5, 5.41) is 8.89. The number of benzene rings is 1. The maximum atomic E-state index is 13.1. The van der Waals surface area contributed by atoms with Gasteiger partial charge in [0, 0.05) is 19.6 Å². The molecule has 6 heteroatoms. The number of hydrogen-bond acceptors (Lipinski definition) is 3. The molecular formula is C12H13BrFNO3. The zero-order chi connectivity index (χ0) is 13.1. The fourth-order valence-corrected chi connectivity index (χ4v) is 2.32. The number of ether oxygens (including phenoxy) is 1. The summed E-state index contributed by atoms with van der Waals surface area (Å²) in [6.45, 7) is 2.02. The number of halogens is 2. The van der Waals surface area contributed by atoms with Crippen LogP contribution in [0.5, 0.6) is 0 Å². The summed E-state index contributed by atoms with van der Waals surface area (Å²) >= 11 is 3.13. The van der Waals surface area contributed by atoms with E-state index in [1.807, 2.05) is 4.90 Å². The number of carboxylic acids is 1. The Morgan fingerprint density at radius 2 is 2.39 bits per heavy atom. The maximum absolute atomic E-state index is 13.1. The molecule has 1 atom stereocenters. The molecule has 98 valence electrons. The van der Waals surface area contributed by atoms with Crippen LogP contribution in [0.1, 0.15) is 5.56 Å². The Hall–Kier alpha value is -0.980. The molecule has 1 heterocycles. The normalized spacial score (nSPS) is 20.9. The first-order chi connectivity index (χ1) is 8.56. The molecule has 0 spiro atoms. The average molecular weight is 318 g/mol. The van der Waals surface area contributed by atoms with Gasteiger partial charge in [0.05, 0.1) is 11.1 Å². The van der Waals surface area contributed by atoms with E-state index in [1.54, 1.807) is 12.1 Å². The van der Waals surface area contributed by atoms with E-state index in [4.69, 9.17) is 9.84 Å². The summed E-state index contributed by atoms with van der Waals surface area (Å²) < 4.78 is 18.6. The van der Waals surface area contributed by atoms with Crippen molar-refractivity contribution in [2.75, 3.05) is 19.7 Å². The van der Waals surface area contributed by atoms with E-state index < -0.39 is 12.1 Å². The smallest absolute Gasteiger partial charge is 0.334 e. The molecule has 0 amide bonds. The summed E-state index contributed by atoms with van der Waals surface area (Å²) in [5.74, 6) is -1.25. The van der Waals surface area contributed by atoms with Crippen LogP contribution in [-0.2, 0) is 16.1 Å². The lowest BCUT2D eigenvalue weighted by molar-refractivity contribution is -0.156. The Labute approximate surface area is 112 Å². The average Bonchev–Trinajstić information content (AvgIpc) is 2.34. The highest BCUT2D eigenvalue weighted by Crippen LogP contribution is 2.18. The second-order valence-corrected chi connectivity index (χ2v) is 5.04. The summed E-state index contributed by atoms with van der Waals surface area (Å²) in [6, 6.07) is 4.81. The van der Waals surface area contributed by atoms with Crippen molar-refractivity contribution in [2.45, 2.75) is 12.6 Å². The lowest BCUT2D eigenvalue weighted by atomic mass is 10.2. The van der Waals surface area contributed by atoms with Crippen molar-refractivity contribution >= 4 is 21.9 Å². The van der Waals surface area contributed by atoms with Crippen molar-refractivity contribution in [2.24, 2.45) is 0 Å². The number of nitrogens with zero attached hydrogens (tertiary/aromatic N) is 1. The van der Waals surface area contributed by atoms with Crippen LogP contribution in [0.25, 0.3) is 0 Å². The Balaban J connectivity index is 2.00. The highest BCUT2D eigenvalue weighted by Gasteiger charge is 2.26. The minimum absolute atomic E-state index is 0.302. The van der Waals surface area contributed by atoms with Crippen LogP contribution in [0.4, 0.5) is 4.39 Å². The standard InChI is InChI=1S/C12H13BrFNO3/c13-9-5-8(1-2-10(9)14)6-15-3-4-18-11(7-15)12(16)17/h1-2,5,11H,3-4,6-7H2,(H,16,17). The van der Waals surface area contributed by atoms with Gasteiger partial charge in [-0.15, -0.1) is 0 Å². The third kappa shape index (κ3) is 3.28. The summed E-state index contributed by atoms with van der Waals surface area (Å²) in [7, 11) is 0. The fourth-order valence-electron chi connectivity index (χ4n) is 1.89. The molecule has 0 radical (unpaired) electrons. The van der Waals surface area contributed by atoms with E-state index in [0.29, 0.717) is 30.7 Å². The molecule has 4 nitrogen and oxygen atoms in total. The predicted molar refractivity (Wildman–Crippen MR) is 66.8 cm³/mol. The van der Waals surface area contributed by atoms with Gasteiger partial charge in [0.15, 0.2) is 6.10 Å².